The van der Waals surface area contributed by atoms with Crippen LogP contribution in [0.2, 0.25) is 0 Å². The molecule has 2 N–H and O–H groups in total. The van der Waals surface area contributed by atoms with E-state index in [1.807, 2.05) is 0 Å². The molecule has 1 saturated heterocycles. The molecule has 2 rings (SSSR count). The molecule has 0 bridgehead atoms. The average molecular weight is 542 g/mol. The third-order valence-electron chi connectivity index (χ3n) is 5.12. The number of esters is 1. The first-order valence-electron chi connectivity index (χ1n) is 11.3. The fraction of sp³-hybridized carbons (Fsp3) is 0.565. The van der Waals surface area contributed by atoms with Crippen molar-refractivity contribution in [2.75, 3.05) is 26.3 Å². The van der Waals surface area contributed by atoms with E-state index in [0.29, 0.717) is 37.6 Å². The smallest absolute Gasteiger partial charge is 0.308 e. The van der Waals surface area contributed by atoms with Crippen LogP contribution in [-0.2, 0) is 14.3 Å². The predicted octanol–water partition coefficient (Wildman–Crippen LogP) is 3.57. The molecule has 0 aliphatic carbocycles. The zero-order chi connectivity index (χ0) is 24.2. The van der Waals surface area contributed by atoms with Crippen molar-refractivity contribution in [3.05, 3.63) is 28.2 Å². The van der Waals surface area contributed by atoms with Gasteiger partial charge in [-0.3, -0.25) is 19.7 Å². The van der Waals surface area contributed by atoms with E-state index >= 15 is 0 Å². The van der Waals surface area contributed by atoms with Gasteiger partial charge in [-0.25, -0.2) is 0 Å². The zero-order valence-electron chi connectivity index (χ0n) is 19.2. The van der Waals surface area contributed by atoms with Gasteiger partial charge in [0.15, 0.2) is 5.11 Å². The van der Waals surface area contributed by atoms with E-state index in [2.05, 4.69) is 40.4 Å². The Labute approximate surface area is 208 Å². The first-order chi connectivity index (χ1) is 15.9. The van der Waals surface area contributed by atoms with Crippen LogP contribution in [-0.4, -0.2) is 60.1 Å². The van der Waals surface area contributed by atoms with Crippen molar-refractivity contribution in [2.45, 2.75) is 58.4 Å². The molecule has 8 nitrogen and oxygen atoms in total. The molecule has 2 amide bonds. The number of rotatable bonds is 11. The highest BCUT2D eigenvalue weighted by Crippen LogP contribution is 2.24. The highest BCUT2D eigenvalue weighted by molar-refractivity contribution is 9.10. The second-order valence-corrected chi connectivity index (χ2v) is 9.04. The lowest BCUT2D eigenvalue weighted by Crippen LogP contribution is -2.60. The highest BCUT2D eigenvalue weighted by atomic mass is 79.9. The van der Waals surface area contributed by atoms with Crippen LogP contribution in [0.3, 0.4) is 0 Å². The number of thiocarbonyl (C=S) groups is 1. The molecule has 0 radical (unpaired) electrons. The van der Waals surface area contributed by atoms with Crippen LogP contribution in [0, 0.1) is 0 Å². The summed E-state index contributed by atoms with van der Waals surface area (Å²) in [5, 5.41) is 5.52. The van der Waals surface area contributed by atoms with Crippen LogP contribution < -0.4 is 15.4 Å². The van der Waals surface area contributed by atoms with Gasteiger partial charge in [-0.2, -0.15) is 0 Å². The van der Waals surface area contributed by atoms with Crippen molar-refractivity contribution < 1.29 is 23.9 Å². The Morgan fingerprint density at radius 1 is 1.21 bits per heavy atom. The zero-order valence-corrected chi connectivity index (χ0v) is 21.6. The Balaban J connectivity index is 2.05. The molecular formula is C23H32BrN3O5S. The molecule has 0 spiro atoms. The van der Waals surface area contributed by atoms with Gasteiger partial charge in [0.1, 0.15) is 11.8 Å². The van der Waals surface area contributed by atoms with Gasteiger partial charge in [-0.05, 0) is 43.3 Å². The van der Waals surface area contributed by atoms with Crippen molar-refractivity contribution in [1.29, 1.82) is 0 Å². The third-order valence-corrected chi connectivity index (χ3v) is 5.95. The maximum absolute atomic E-state index is 13.0. The molecule has 1 fully saturated rings. The maximum atomic E-state index is 13.0. The summed E-state index contributed by atoms with van der Waals surface area (Å²) < 4.78 is 11.7. The molecule has 33 heavy (non-hydrogen) atoms. The van der Waals surface area contributed by atoms with Gasteiger partial charge >= 0.3 is 5.97 Å². The molecule has 1 aromatic carbocycles. The predicted molar refractivity (Wildman–Crippen MR) is 133 cm³/mol. The summed E-state index contributed by atoms with van der Waals surface area (Å²) in [5.41, 5.74) is 0.330. The molecule has 0 saturated carbocycles. The molecule has 1 heterocycles. The second kappa shape index (κ2) is 14.1. The Morgan fingerprint density at radius 3 is 2.70 bits per heavy atom. The summed E-state index contributed by atoms with van der Waals surface area (Å²) in [4.78, 5) is 39.3. The number of unbranched alkanes of at least 4 members (excludes halogenated alkanes) is 3. The molecule has 0 aromatic heterocycles. The van der Waals surface area contributed by atoms with Gasteiger partial charge in [-0.1, -0.05) is 49.0 Å². The second-order valence-electron chi connectivity index (χ2n) is 7.73. The summed E-state index contributed by atoms with van der Waals surface area (Å²) in [7, 11) is 0. The van der Waals surface area contributed by atoms with E-state index in [1.54, 1.807) is 23.1 Å². The van der Waals surface area contributed by atoms with Crippen LogP contribution in [0.5, 0.6) is 5.75 Å². The molecule has 1 aliphatic rings. The van der Waals surface area contributed by atoms with Crippen LogP contribution in [0.1, 0.15) is 62.7 Å². The molecule has 1 aromatic rings. The van der Waals surface area contributed by atoms with Gasteiger partial charge in [0.25, 0.3) is 5.91 Å². The fourth-order valence-electron chi connectivity index (χ4n) is 3.28. The number of benzene rings is 1. The van der Waals surface area contributed by atoms with Gasteiger partial charge in [0, 0.05) is 17.6 Å². The monoisotopic (exact) mass is 541 g/mol. The maximum Gasteiger partial charge on any atom is 0.308 e. The van der Waals surface area contributed by atoms with Crippen molar-refractivity contribution in [3.8, 4) is 5.75 Å². The van der Waals surface area contributed by atoms with Crippen molar-refractivity contribution in [3.63, 3.8) is 0 Å². The minimum atomic E-state index is -0.840. The first-order valence-corrected chi connectivity index (χ1v) is 12.5. The van der Waals surface area contributed by atoms with Crippen molar-refractivity contribution >= 4 is 51.0 Å². The largest absolute Gasteiger partial charge is 0.493 e. The highest BCUT2D eigenvalue weighted by Gasteiger charge is 2.34. The number of amides is 2. The van der Waals surface area contributed by atoms with E-state index in [9.17, 15) is 14.4 Å². The number of carbonyl (C=O) groups excluding carboxylic acids is 3. The average Bonchev–Trinajstić information content (AvgIpc) is 2.79. The molecule has 1 unspecified atom stereocenters. The summed E-state index contributed by atoms with van der Waals surface area (Å²) in [6.45, 7) is 5.68. The Kier molecular flexibility index (Phi) is 11.6. The molecule has 10 heteroatoms. The number of hydrogen-bond donors (Lipinski definition) is 2. The summed E-state index contributed by atoms with van der Waals surface area (Å²) in [6, 6.07) is 4.34. The molecular weight excluding hydrogens is 510 g/mol. The van der Waals surface area contributed by atoms with Crippen LogP contribution in [0.15, 0.2) is 22.7 Å². The lowest BCUT2D eigenvalue weighted by atomic mass is 10.1. The van der Waals surface area contributed by atoms with Crippen molar-refractivity contribution in [1.82, 2.24) is 15.5 Å². The topological polar surface area (TPSA) is 97.0 Å². The first kappa shape index (κ1) is 27.0. The Morgan fingerprint density at radius 2 is 1.97 bits per heavy atom. The number of ether oxygens (including phenoxy) is 2. The number of halogens is 1. The van der Waals surface area contributed by atoms with Gasteiger partial charge in [-0.15, -0.1) is 0 Å². The van der Waals surface area contributed by atoms with E-state index in [0.717, 1.165) is 36.6 Å². The number of nitrogens with zero attached hydrogens (tertiary/aromatic N) is 1. The molecule has 1 aliphatic heterocycles. The van der Waals surface area contributed by atoms with Gasteiger partial charge < -0.3 is 19.7 Å². The van der Waals surface area contributed by atoms with E-state index in [4.69, 9.17) is 21.7 Å². The van der Waals surface area contributed by atoms with Gasteiger partial charge in [0.05, 0.1) is 25.2 Å². The van der Waals surface area contributed by atoms with Crippen LogP contribution in [0.4, 0.5) is 0 Å². The van der Waals surface area contributed by atoms with Gasteiger partial charge in [0.2, 0.25) is 5.91 Å². The lowest BCUT2D eigenvalue weighted by Gasteiger charge is -2.36. The normalized spacial score (nSPS) is 15.5. The standard InChI is InChI=1S/C23H32BrN3O5S/c1-3-5-7-13-32-20(28)15-18-22(30)25-10-11-27(18)23(33)26-21(29)17-14-16(24)8-9-19(17)31-12-6-4-2/h8-9,14,18H,3-7,10-13,15H2,1-2H3,(H,25,30)(H,26,29,33). The number of nitrogens with one attached hydrogen (secondary N) is 2. The molecule has 1 atom stereocenters. The molecule has 182 valence electrons. The number of carbonyl (C=O) groups is 3. The summed E-state index contributed by atoms with van der Waals surface area (Å²) in [5.74, 6) is -0.782. The van der Waals surface area contributed by atoms with E-state index in [-0.39, 0.29) is 17.4 Å². The Bertz CT molecular complexity index is 851. The van der Waals surface area contributed by atoms with Crippen LogP contribution in [0.25, 0.3) is 0 Å². The SMILES string of the molecule is CCCCCOC(=O)CC1C(=O)NCCN1C(=S)NC(=O)c1cc(Br)ccc1OCCCC. The lowest BCUT2D eigenvalue weighted by molar-refractivity contribution is -0.147. The number of piperazine rings is 1. The van der Waals surface area contributed by atoms with Crippen LogP contribution >= 0.6 is 28.1 Å². The Hall–Kier alpha value is -2.20. The summed E-state index contributed by atoms with van der Waals surface area (Å²) >= 11 is 8.83. The third kappa shape index (κ3) is 8.58. The van der Waals surface area contributed by atoms with E-state index in [1.165, 1.54) is 0 Å². The minimum Gasteiger partial charge on any atom is -0.493 e. The van der Waals surface area contributed by atoms with Crippen molar-refractivity contribution in [2.24, 2.45) is 0 Å². The summed E-state index contributed by atoms with van der Waals surface area (Å²) in [6.07, 6.45) is 4.48. The quantitative estimate of drug-likeness (QED) is 0.251. The fourth-order valence-corrected chi connectivity index (χ4v) is 3.96. The van der Waals surface area contributed by atoms with E-state index < -0.39 is 17.9 Å². The number of hydrogen-bond acceptors (Lipinski definition) is 6. The minimum absolute atomic E-state index is 0.0816.